The fourth-order valence-corrected chi connectivity index (χ4v) is 5.07. The van der Waals surface area contributed by atoms with E-state index in [9.17, 15) is 9.59 Å². The lowest BCUT2D eigenvalue weighted by Gasteiger charge is -2.32. The van der Waals surface area contributed by atoms with Crippen LogP contribution >= 0.6 is 11.8 Å². The molecule has 1 aliphatic heterocycles. The van der Waals surface area contributed by atoms with Crippen molar-refractivity contribution < 1.29 is 19.0 Å². The highest BCUT2D eigenvalue weighted by atomic mass is 32.2. The predicted octanol–water partition coefficient (Wildman–Crippen LogP) is 3.94. The first-order valence-corrected chi connectivity index (χ1v) is 12.3. The number of unbranched alkanes of at least 4 members (excludes halogenated alkanes) is 2. The molecule has 0 bridgehead atoms. The van der Waals surface area contributed by atoms with Crippen LogP contribution in [-0.4, -0.2) is 36.0 Å². The Hall–Kier alpha value is -3.33. The molecule has 0 saturated heterocycles. The Labute approximate surface area is 202 Å². The number of methoxy groups -OCH3 is 2. The molecule has 0 saturated carbocycles. The largest absolute Gasteiger partial charge is 0.497 e. The number of thioether (sulfide) groups is 1. The van der Waals surface area contributed by atoms with E-state index in [1.807, 2.05) is 30.3 Å². The number of anilines is 1. The van der Waals surface area contributed by atoms with Crippen molar-refractivity contribution in [3.63, 3.8) is 0 Å². The van der Waals surface area contributed by atoms with E-state index in [1.165, 1.54) is 18.7 Å². The Morgan fingerprint density at radius 1 is 1.18 bits per heavy atom. The zero-order chi connectivity index (χ0) is 24.2. The van der Waals surface area contributed by atoms with Gasteiger partial charge in [-0.25, -0.2) is 4.90 Å². The molecule has 2 aromatic carbocycles. The minimum Gasteiger partial charge on any atom is -0.497 e. The van der Waals surface area contributed by atoms with E-state index >= 15 is 0 Å². The van der Waals surface area contributed by atoms with Gasteiger partial charge in [0.15, 0.2) is 0 Å². The van der Waals surface area contributed by atoms with E-state index in [0.717, 1.165) is 25.0 Å². The molecule has 0 aliphatic carbocycles. The molecule has 1 N–H and O–H groups in total. The number of rotatable bonds is 8. The van der Waals surface area contributed by atoms with E-state index in [4.69, 9.17) is 14.6 Å². The number of carbonyl (C=O) groups excluding carboxylic acids is 1. The fourth-order valence-electron chi connectivity index (χ4n) is 4.22. The lowest BCUT2D eigenvalue weighted by molar-refractivity contribution is -0.763. The smallest absolute Gasteiger partial charge is 0.325 e. The van der Waals surface area contributed by atoms with Crippen LogP contribution in [0.3, 0.4) is 0 Å². The fraction of sp³-hybridized carbons (Fsp3) is 0.360. The molecule has 8 nitrogen and oxygen atoms in total. The number of carbonyl (C=O) groups is 1. The number of H-pyrrole nitrogens is 1. The maximum atomic E-state index is 13.4. The van der Waals surface area contributed by atoms with Gasteiger partial charge in [-0.3, -0.25) is 14.6 Å². The monoisotopic (exact) mass is 481 g/mol. The maximum absolute atomic E-state index is 13.4. The molecule has 34 heavy (non-hydrogen) atoms. The second kappa shape index (κ2) is 10.3. The van der Waals surface area contributed by atoms with Gasteiger partial charge in [-0.1, -0.05) is 43.7 Å². The highest BCUT2D eigenvalue weighted by molar-refractivity contribution is 7.99. The van der Waals surface area contributed by atoms with Gasteiger partial charge >= 0.3 is 11.3 Å². The van der Waals surface area contributed by atoms with Crippen LogP contribution in [0.25, 0.3) is 11.3 Å². The van der Waals surface area contributed by atoms with Crippen LogP contribution in [0.1, 0.15) is 44.8 Å². The number of nitrogens with zero attached hydrogens (tertiary/aromatic N) is 3. The molecule has 0 radical (unpaired) electrons. The summed E-state index contributed by atoms with van der Waals surface area (Å²) < 4.78 is 12.8. The highest BCUT2D eigenvalue weighted by Crippen LogP contribution is 2.40. The molecule has 1 atom stereocenters. The van der Waals surface area contributed by atoms with E-state index in [2.05, 4.69) is 11.9 Å². The van der Waals surface area contributed by atoms with Crippen molar-refractivity contribution in [2.24, 2.45) is 0 Å². The number of para-hydroxylation sites is 1. The molecule has 1 aromatic heterocycles. The summed E-state index contributed by atoms with van der Waals surface area (Å²) in [6.45, 7) is 3.66. The lowest BCUT2D eigenvalue weighted by atomic mass is 10.0. The van der Waals surface area contributed by atoms with Crippen molar-refractivity contribution in [1.82, 2.24) is 10.1 Å². The number of benzene rings is 2. The van der Waals surface area contributed by atoms with Crippen molar-refractivity contribution in [2.45, 2.75) is 44.4 Å². The molecular weight excluding hydrogens is 452 g/mol. The van der Waals surface area contributed by atoms with Crippen LogP contribution in [0.5, 0.6) is 11.5 Å². The van der Waals surface area contributed by atoms with Crippen molar-refractivity contribution >= 4 is 23.4 Å². The van der Waals surface area contributed by atoms with Gasteiger partial charge in [0.05, 0.1) is 31.0 Å². The molecule has 0 fully saturated rings. The van der Waals surface area contributed by atoms with E-state index in [1.54, 1.807) is 35.9 Å². The number of ether oxygens (including phenoxy) is 2. The van der Waals surface area contributed by atoms with E-state index < -0.39 is 6.17 Å². The average Bonchev–Trinajstić information content (AvgIpc) is 2.85. The molecule has 1 aliphatic rings. The third kappa shape index (κ3) is 4.40. The Balaban J connectivity index is 1.97. The summed E-state index contributed by atoms with van der Waals surface area (Å²) in [5.74, 6) is 1.84. The zero-order valence-corrected chi connectivity index (χ0v) is 20.6. The van der Waals surface area contributed by atoms with Gasteiger partial charge in [-0.15, -0.1) is 0 Å². The molecule has 4 rings (SSSR count). The van der Waals surface area contributed by atoms with Gasteiger partial charge in [0.25, 0.3) is 6.17 Å². The summed E-state index contributed by atoms with van der Waals surface area (Å²) in [4.78, 5) is 31.0. The van der Waals surface area contributed by atoms with Crippen LogP contribution in [-0.2, 0) is 4.79 Å². The Morgan fingerprint density at radius 2 is 1.97 bits per heavy atom. The summed E-state index contributed by atoms with van der Waals surface area (Å²) in [7, 11) is 3.16. The molecular formula is C25H29N4O4S+. The Kier molecular flexibility index (Phi) is 7.21. The van der Waals surface area contributed by atoms with Gasteiger partial charge in [-0.05, 0) is 41.4 Å². The number of hydrogen-bond acceptors (Lipinski definition) is 6. The standard InChI is InChI=1S/C25H28N4O4S/c1-5-6-9-14-34-25-26-23(31)22-18-10-7-8-11-20(18)28(16(2)30)24(29(22)27-25)19-15-17(32-3)12-13-21(19)33-4/h7-8,10-13,15,24H,5-6,9,14H2,1-4H3/p+1/t24-/m0/s1. The van der Waals surface area contributed by atoms with Gasteiger partial charge in [-0.2, -0.15) is 0 Å². The van der Waals surface area contributed by atoms with Crippen LogP contribution in [0, 0.1) is 0 Å². The topological polar surface area (TPSA) is 88.4 Å². The zero-order valence-electron chi connectivity index (χ0n) is 19.8. The van der Waals surface area contributed by atoms with Crippen LogP contribution in [0.15, 0.2) is 52.4 Å². The van der Waals surface area contributed by atoms with Crippen LogP contribution < -0.4 is 24.6 Å². The quantitative estimate of drug-likeness (QED) is 0.298. The summed E-state index contributed by atoms with van der Waals surface area (Å²) in [6, 6.07) is 12.8. The second-order valence-corrected chi connectivity index (χ2v) is 9.08. The number of amides is 1. The molecule has 0 spiro atoms. The molecule has 1 amide bonds. The number of nitrogens with one attached hydrogen (secondary N) is 1. The van der Waals surface area contributed by atoms with E-state index in [-0.39, 0.29) is 11.5 Å². The predicted molar refractivity (Wildman–Crippen MR) is 132 cm³/mol. The molecule has 2 heterocycles. The number of aromatic amines is 1. The van der Waals surface area contributed by atoms with Crippen molar-refractivity contribution in [1.29, 1.82) is 0 Å². The lowest BCUT2D eigenvalue weighted by Crippen LogP contribution is -2.60. The maximum Gasteiger partial charge on any atom is 0.325 e. The van der Waals surface area contributed by atoms with Crippen molar-refractivity contribution in [2.75, 3.05) is 24.9 Å². The third-order valence-electron chi connectivity index (χ3n) is 5.80. The minimum atomic E-state index is -0.732. The minimum absolute atomic E-state index is 0.181. The van der Waals surface area contributed by atoms with E-state index in [0.29, 0.717) is 39.2 Å². The average molecular weight is 482 g/mol. The summed E-state index contributed by atoms with van der Waals surface area (Å²) in [6.07, 6.45) is 2.53. The second-order valence-electron chi connectivity index (χ2n) is 8.00. The molecule has 9 heteroatoms. The van der Waals surface area contributed by atoms with Gasteiger partial charge in [0.2, 0.25) is 11.1 Å². The number of fused-ring (bicyclic) bond motifs is 3. The molecule has 0 unspecified atom stereocenters. The first kappa shape index (κ1) is 23.8. The number of aromatic nitrogens is 3. The van der Waals surface area contributed by atoms with Gasteiger partial charge < -0.3 is 9.47 Å². The normalized spacial score (nSPS) is 14.4. The van der Waals surface area contributed by atoms with Crippen molar-refractivity contribution in [3.05, 3.63) is 58.4 Å². The number of hydrogen-bond donors (Lipinski definition) is 1. The van der Waals surface area contributed by atoms with Gasteiger partial charge in [0.1, 0.15) is 11.5 Å². The van der Waals surface area contributed by atoms with Crippen LogP contribution in [0.4, 0.5) is 5.69 Å². The first-order chi connectivity index (χ1) is 16.5. The SMILES string of the molecule is CCCCCSc1n[n+]2c(c(=O)[nH]1)-c1ccccc1N(C(C)=O)[C@@H]2c1cc(OC)ccc1OC. The molecule has 178 valence electrons. The first-order valence-electron chi connectivity index (χ1n) is 11.3. The van der Waals surface area contributed by atoms with Gasteiger partial charge in [0, 0.05) is 17.8 Å². The highest BCUT2D eigenvalue weighted by Gasteiger charge is 2.46. The summed E-state index contributed by atoms with van der Waals surface area (Å²) >= 11 is 1.51. The Bertz CT molecular complexity index is 1260. The summed E-state index contributed by atoms with van der Waals surface area (Å²) in [5, 5.41) is 5.34. The molecule has 3 aromatic rings. The third-order valence-corrected chi connectivity index (χ3v) is 6.75. The van der Waals surface area contributed by atoms with Crippen molar-refractivity contribution in [3.8, 4) is 22.8 Å². The Morgan fingerprint density at radius 3 is 2.68 bits per heavy atom. The summed E-state index contributed by atoms with van der Waals surface area (Å²) in [5.41, 5.74) is 2.09. The van der Waals surface area contributed by atoms with Crippen LogP contribution in [0.2, 0.25) is 0 Å².